The molecule has 15 atom stereocenters. The number of nitrogens with one attached hydrogen (secondary N) is 5. The third-order valence-corrected chi connectivity index (χ3v) is 27.5. The van der Waals surface area contributed by atoms with Crippen molar-refractivity contribution in [3.8, 4) is 12.3 Å². The van der Waals surface area contributed by atoms with Crippen LogP contribution in [0.1, 0.15) is 194 Å². The van der Waals surface area contributed by atoms with Crippen LogP contribution in [0.5, 0.6) is 0 Å². The Hall–Kier alpha value is -8.20. The Kier molecular flexibility index (Phi) is 33.5. The summed E-state index contributed by atoms with van der Waals surface area (Å²) in [6.07, 6.45) is 2.69. The number of rotatable bonds is 44. The molecule has 3 saturated heterocycles. The first-order chi connectivity index (χ1) is 57.1. The van der Waals surface area contributed by atoms with Gasteiger partial charge in [-0.05, 0) is 128 Å². The largest absolute Gasteiger partial charge is 0.455 e. The van der Waals surface area contributed by atoms with Gasteiger partial charge in [-0.25, -0.2) is 24.2 Å². The van der Waals surface area contributed by atoms with Crippen molar-refractivity contribution in [2.24, 2.45) is 22.7 Å². The first-order valence-electron chi connectivity index (χ1n) is 41.6. The quantitative estimate of drug-likeness (QED) is 0.00526. The highest BCUT2D eigenvalue weighted by Gasteiger charge is 2.78. The number of allylic oxidation sites excluding steroid dienone is 1. The molecule has 656 valence electrons. The molecular formula is C87H118N8O22S3. The molecule has 3 aromatic rings. The third-order valence-electron chi connectivity index (χ3n) is 23.0. The van der Waals surface area contributed by atoms with Crippen LogP contribution in [0.4, 0.5) is 15.5 Å². The molecule has 30 nitrogen and oxygen atoms in total. The van der Waals surface area contributed by atoms with Gasteiger partial charge in [-0.15, -0.1) is 12.3 Å². The standard InChI is InChI=1S/C87H118N8O22S3/c1-13-14-31-66-92-67(94-80(93-66)89-38-40-109-42-44-110-43-41-108-39-23-28-58(97)27-19-21-30-63-71-60(49-118-63)90-81(105)95-71)32-22-37-88-68(99)36-33-52(4)119-120-62-29-20-18-26-57(62)46-69(100)113-72(59(45-51(2)3)91-82(106)117-83(7,8)9)79(104)112-61-48-87(107)76(115-78(103)55-24-16-15-17-25-55)74-85(12,64(98)47-65-86(74,50-111-65)116-54(6)96)75(101)73(114-77(102)56-34-35-56)70(53(61)5)84(87,10)11/h1,15-18,20,24-26,29,45,52,56,59-61,63-65,71-74,76,98,107H,14,19,21-23,27-28,30-44,46-50H2,2-12H3,(H,88,99)(H,91,106)(H2,90,95,105)(H,89,92,93,94)/t52?,59-,60-,61-,63-,64-,65+,71-,72+,73+,74-,76-,85+,86-,87+/m0/s1. The lowest BCUT2D eigenvalue weighted by Gasteiger charge is -2.67. The summed E-state index contributed by atoms with van der Waals surface area (Å²) in [4.78, 5) is 155. The zero-order valence-electron chi connectivity index (χ0n) is 70.6. The summed E-state index contributed by atoms with van der Waals surface area (Å²) in [5.41, 5.74) is -8.13. The molecular weight excluding hydrogens is 1610 g/mol. The molecule has 7 N–H and O–H groups in total. The summed E-state index contributed by atoms with van der Waals surface area (Å²) in [5, 5.41) is 42.0. The summed E-state index contributed by atoms with van der Waals surface area (Å²) in [7, 11) is 2.87. The molecule has 0 spiro atoms. The molecule has 1 unspecified atom stereocenters. The number of carbonyl (C=O) groups excluding carboxylic acids is 10. The number of aliphatic hydroxyl groups excluding tert-OH is 1. The number of esters is 5. The van der Waals surface area contributed by atoms with Crippen LogP contribution in [-0.2, 0) is 100 Å². The topological polar surface area (TPSA) is 402 Å². The average molecular weight is 1720 g/mol. The summed E-state index contributed by atoms with van der Waals surface area (Å²) >= 11 is 1.89. The Morgan fingerprint density at radius 2 is 1.52 bits per heavy atom. The maximum Gasteiger partial charge on any atom is 0.408 e. The highest BCUT2D eigenvalue weighted by atomic mass is 33.1. The Bertz CT molecular complexity index is 4250. The van der Waals surface area contributed by atoms with E-state index < -0.39 is 137 Å². The molecule has 6 fully saturated rings. The van der Waals surface area contributed by atoms with E-state index in [2.05, 4.69) is 47.5 Å². The van der Waals surface area contributed by atoms with E-state index in [9.17, 15) is 48.6 Å². The van der Waals surface area contributed by atoms with Gasteiger partial charge in [0, 0.05) is 105 Å². The molecule has 1 aromatic heterocycles. The van der Waals surface area contributed by atoms with Crippen LogP contribution in [-0.4, -0.2) is 232 Å². The molecule has 0 radical (unpaired) electrons. The number of fused-ring (bicyclic) bond motifs is 6. The average Bonchev–Trinajstić information content (AvgIpc) is 1.10. The number of terminal acetylenes is 1. The molecule has 4 amide bonds. The van der Waals surface area contributed by atoms with E-state index in [1.165, 1.54) is 53.6 Å². The second-order valence-electron chi connectivity index (χ2n) is 33.8. The van der Waals surface area contributed by atoms with Crippen LogP contribution in [0.2, 0.25) is 0 Å². The van der Waals surface area contributed by atoms with Gasteiger partial charge in [-0.2, -0.15) is 21.7 Å². The number of aromatic nitrogens is 3. The lowest BCUT2D eigenvalue weighted by atomic mass is 9.44. The number of anilines is 1. The summed E-state index contributed by atoms with van der Waals surface area (Å²) in [5.74, 6) is -2.66. The molecule has 2 bridgehead atoms. The fourth-order valence-corrected chi connectivity index (χ4v) is 20.5. The van der Waals surface area contributed by atoms with Crippen molar-refractivity contribution >= 4 is 98.7 Å². The zero-order valence-corrected chi connectivity index (χ0v) is 73.0. The molecule has 3 saturated carbocycles. The second kappa shape index (κ2) is 42.7. The van der Waals surface area contributed by atoms with Crippen molar-refractivity contribution in [3.05, 3.63) is 100 Å². The Labute approximate surface area is 714 Å². The first kappa shape index (κ1) is 94.1. The molecule has 33 heteroatoms. The van der Waals surface area contributed by atoms with Gasteiger partial charge in [-0.1, -0.05) is 96.8 Å². The molecule has 10 rings (SSSR count). The van der Waals surface area contributed by atoms with Gasteiger partial charge in [-0.3, -0.25) is 28.8 Å². The van der Waals surface area contributed by atoms with Gasteiger partial charge in [0.05, 0.1) is 93.1 Å². The summed E-state index contributed by atoms with van der Waals surface area (Å²) in [6, 6.07) is 13.7. The number of hydrogen-bond donors (Lipinski definition) is 7. The van der Waals surface area contributed by atoms with Crippen molar-refractivity contribution in [2.75, 3.05) is 70.4 Å². The third kappa shape index (κ3) is 24.4. The monoisotopic (exact) mass is 1720 g/mol. The highest BCUT2D eigenvalue weighted by Crippen LogP contribution is 2.65. The predicted octanol–water partition coefficient (Wildman–Crippen LogP) is 9.55. The van der Waals surface area contributed by atoms with Gasteiger partial charge in [0.25, 0.3) is 0 Å². The normalized spacial score (nSPS) is 25.8. The van der Waals surface area contributed by atoms with Gasteiger partial charge in [0.2, 0.25) is 18.0 Å². The number of benzene rings is 2. The molecule has 2 aromatic carbocycles. The highest BCUT2D eigenvalue weighted by molar-refractivity contribution is 8.77. The van der Waals surface area contributed by atoms with E-state index in [4.69, 9.17) is 53.8 Å². The van der Waals surface area contributed by atoms with Gasteiger partial charge in [0.15, 0.2) is 17.5 Å². The molecule has 3 aliphatic heterocycles. The number of thioether (sulfide) groups is 1. The molecule has 4 heterocycles. The Morgan fingerprint density at radius 1 is 0.833 bits per heavy atom. The van der Waals surface area contributed by atoms with Gasteiger partial charge in [0.1, 0.15) is 46.9 Å². The number of ether oxygens (including phenoxy) is 10. The number of carbonyl (C=O) groups is 10. The van der Waals surface area contributed by atoms with E-state index in [-0.39, 0.29) is 71.2 Å². The summed E-state index contributed by atoms with van der Waals surface area (Å²) < 4.78 is 60.7. The number of alkyl carbamates (subject to hydrolysis) is 1. The second-order valence-corrected chi connectivity index (χ2v) is 37.8. The van der Waals surface area contributed by atoms with Crippen LogP contribution in [0.3, 0.4) is 0 Å². The van der Waals surface area contributed by atoms with Crippen LogP contribution in [0.25, 0.3) is 0 Å². The lowest BCUT2D eigenvalue weighted by molar-refractivity contribution is -0.346. The zero-order chi connectivity index (χ0) is 86.7. The molecule has 7 aliphatic rings. The minimum absolute atomic E-state index is 0.0307. The van der Waals surface area contributed by atoms with E-state index in [1.54, 1.807) is 84.9 Å². The van der Waals surface area contributed by atoms with Crippen molar-refractivity contribution < 1.29 is 106 Å². The number of nitrogens with zero attached hydrogens (tertiary/aromatic N) is 3. The van der Waals surface area contributed by atoms with Gasteiger partial charge >= 0.3 is 42.0 Å². The maximum absolute atomic E-state index is 16.2. The number of Topliss-reactive ketones (excluding diaryl/α,β-unsaturated/α-hetero) is 2. The maximum atomic E-state index is 16.2. The first-order valence-corrected chi connectivity index (χ1v) is 44.9. The number of unbranched alkanes of at least 4 members (excludes halogenated alkanes) is 1. The van der Waals surface area contributed by atoms with Crippen LogP contribution >= 0.6 is 33.3 Å². The number of amides is 4. The molecule has 120 heavy (non-hydrogen) atoms. The van der Waals surface area contributed by atoms with Crippen LogP contribution in [0.15, 0.2) is 82.3 Å². The number of aryl methyl sites for hydroxylation is 2. The van der Waals surface area contributed by atoms with E-state index in [1.807, 2.05) is 24.8 Å². The van der Waals surface area contributed by atoms with Crippen molar-refractivity contribution in [1.29, 1.82) is 0 Å². The number of aliphatic hydroxyl groups is 2. The number of urea groups is 1. The van der Waals surface area contributed by atoms with Gasteiger partial charge < -0.3 is 84.2 Å². The predicted molar refractivity (Wildman–Crippen MR) is 448 cm³/mol. The minimum Gasteiger partial charge on any atom is -0.455 e. The van der Waals surface area contributed by atoms with Crippen molar-refractivity contribution in [2.45, 2.75) is 272 Å². The van der Waals surface area contributed by atoms with Crippen LogP contribution in [0, 0.1) is 35.0 Å². The summed E-state index contributed by atoms with van der Waals surface area (Å²) in [6.45, 7) is 20.4. The Balaban J connectivity index is 0.729. The Morgan fingerprint density at radius 3 is 2.21 bits per heavy atom. The van der Waals surface area contributed by atoms with E-state index in [0.717, 1.165) is 31.9 Å². The van der Waals surface area contributed by atoms with Crippen molar-refractivity contribution in [3.63, 3.8) is 0 Å². The number of hydrogen-bond acceptors (Lipinski definition) is 29. The fraction of sp³-hybridized carbons (Fsp3) is 0.644. The molecule has 4 aliphatic carbocycles. The van der Waals surface area contributed by atoms with Crippen LogP contribution < -0.4 is 26.6 Å². The SMILES string of the molecule is C#CCCc1nc(CCCNC(=O)CCC(C)SSc2ccccc2CC(=O)O[C@@H](C(=O)O[C@H]2C[C@@]3(O)[C@@H](OC(=O)c4ccccc4)[C@@H]4[C@]5(OC(C)=O)CO[C@@H]5C[C@H](O)[C@@]4(C)C(=O)[C@H](OC(=O)C4CC4)C(=C2C)C3(C)C)[C@H](C=C(C)C)NC(=O)OC(C)(C)C)nc(NCCOCCOCCOCCCC(=O)CCCC[C@@H]2SC[C@@H]3NC(=O)N[C@@H]32)n1. The fourth-order valence-electron chi connectivity index (χ4n) is 16.6. The lowest BCUT2D eigenvalue weighted by Crippen LogP contribution is -2.82. The van der Waals surface area contributed by atoms with E-state index >= 15 is 9.59 Å². The minimum atomic E-state index is -2.51. The van der Waals surface area contributed by atoms with E-state index in [0.29, 0.717) is 156 Å². The van der Waals surface area contributed by atoms with Crippen molar-refractivity contribution in [1.82, 2.24) is 36.2 Å². The number of ketones is 2. The smallest absolute Gasteiger partial charge is 0.408 e.